The van der Waals surface area contributed by atoms with E-state index in [0.717, 1.165) is 32.1 Å². The summed E-state index contributed by atoms with van der Waals surface area (Å²) in [7, 11) is 0. The Morgan fingerprint density at radius 1 is 0.519 bits per heavy atom. The van der Waals surface area contributed by atoms with Crippen LogP contribution < -0.4 is 16.0 Å². The third-order valence-electron chi connectivity index (χ3n) is 7.07. The van der Waals surface area contributed by atoms with Crippen molar-refractivity contribution in [3.05, 3.63) is 0 Å². The summed E-state index contributed by atoms with van der Waals surface area (Å²) in [6.07, 6.45) is 5.70. The van der Waals surface area contributed by atoms with Gasteiger partial charge in [0.1, 0.15) is 22.4 Å². The van der Waals surface area contributed by atoms with Crippen molar-refractivity contribution in [2.75, 3.05) is 45.8 Å². The molecule has 14 heteroatoms. The zero-order valence-electron chi connectivity index (χ0n) is 34.5. The molecule has 0 saturated heterocycles. The van der Waals surface area contributed by atoms with Crippen LogP contribution >= 0.6 is 0 Å². The molecule has 0 aromatic heterocycles. The smallest absolute Gasteiger partial charge is 0.410 e. The van der Waals surface area contributed by atoms with Crippen LogP contribution in [0.4, 0.5) is 19.2 Å². The SMILES string of the molecule is CC(C)(C)OC(=O)NCCCCN(CC(CCCCCCNC=O)CN(CCCCNC(=O)OC(C)(C)C)C(=O)OC(C)(C)C)C(=O)OC(C)(C)C. The number of amides is 5. The Morgan fingerprint density at radius 2 is 0.885 bits per heavy atom. The molecule has 0 aliphatic rings. The quantitative estimate of drug-likeness (QED) is 0.0583. The van der Waals surface area contributed by atoms with Crippen molar-refractivity contribution in [1.82, 2.24) is 25.8 Å². The minimum absolute atomic E-state index is 0.0899. The lowest BCUT2D eigenvalue weighted by Gasteiger charge is -2.34. The molecule has 0 unspecified atom stereocenters. The molecule has 0 aliphatic carbocycles. The molecule has 0 fully saturated rings. The highest BCUT2D eigenvalue weighted by Crippen LogP contribution is 2.20. The van der Waals surface area contributed by atoms with E-state index >= 15 is 0 Å². The fraction of sp³-hybridized carbons (Fsp3) is 0.868. The number of unbranched alkanes of at least 4 members (excludes halogenated alkanes) is 5. The average Bonchev–Trinajstić information content (AvgIpc) is 2.95. The highest BCUT2D eigenvalue weighted by atomic mass is 16.6. The lowest BCUT2D eigenvalue weighted by Crippen LogP contribution is -2.45. The molecule has 0 saturated carbocycles. The Morgan fingerprint density at radius 3 is 1.25 bits per heavy atom. The van der Waals surface area contributed by atoms with Crippen molar-refractivity contribution in [1.29, 1.82) is 0 Å². The van der Waals surface area contributed by atoms with E-state index in [-0.39, 0.29) is 5.92 Å². The van der Waals surface area contributed by atoms with Crippen LogP contribution in [0.2, 0.25) is 0 Å². The van der Waals surface area contributed by atoms with Crippen molar-refractivity contribution in [3.63, 3.8) is 0 Å². The molecule has 5 amide bonds. The van der Waals surface area contributed by atoms with Gasteiger partial charge in [-0.25, -0.2) is 19.2 Å². The van der Waals surface area contributed by atoms with Crippen LogP contribution in [0.1, 0.15) is 141 Å². The first-order valence-corrected chi connectivity index (χ1v) is 19.0. The summed E-state index contributed by atoms with van der Waals surface area (Å²) in [6.45, 7) is 24.7. The normalized spacial score (nSPS) is 12.1. The van der Waals surface area contributed by atoms with Gasteiger partial charge in [0.15, 0.2) is 0 Å². The molecule has 0 radical (unpaired) electrons. The molecule has 14 nitrogen and oxygen atoms in total. The summed E-state index contributed by atoms with van der Waals surface area (Å²) in [5, 5.41) is 8.23. The average molecular weight is 744 g/mol. The Hall–Kier alpha value is -3.45. The van der Waals surface area contributed by atoms with Gasteiger partial charge in [0, 0.05) is 45.8 Å². The summed E-state index contributed by atoms with van der Waals surface area (Å²) in [6, 6.07) is 0. The van der Waals surface area contributed by atoms with Gasteiger partial charge in [-0.2, -0.15) is 0 Å². The third-order valence-corrected chi connectivity index (χ3v) is 7.07. The van der Waals surface area contributed by atoms with Crippen molar-refractivity contribution in [3.8, 4) is 0 Å². The minimum Gasteiger partial charge on any atom is -0.444 e. The van der Waals surface area contributed by atoms with Gasteiger partial charge in [0.25, 0.3) is 0 Å². The minimum atomic E-state index is -0.700. The number of ether oxygens (including phenoxy) is 4. The molecule has 0 rings (SSSR count). The lowest BCUT2D eigenvalue weighted by atomic mass is 9.98. The van der Waals surface area contributed by atoms with E-state index in [1.807, 2.05) is 41.5 Å². The largest absolute Gasteiger partial charge is 0.444 e. The molecular formula is C38H73N5O9. The zero-order valence-corrected chi connectivity index (χ0v) is 34.5. The molecule has 0 spiro atoms. The van der Waals surface area contributed by atoms with Gasteiger partial charge in [-0.15, -0.1) is 0 Å². The van der Waals surface area contributed by atoms with Gasteiger partial charge in [0.2, 0.25) is 6.41 Å². The Labute approximate surface area is 314 Å². The predicted molar refractivity (Wildman–Crippen MR) is 203 cm³/mol. The van der Waals surface area contributed by atoms with Crippen LogP contribution in [-0.4, -0.2) is 109 Å². The molecule has 0 aromatic carbocycles. The summed E-state index contributed by atoms with van der Waals surface area (Å²) >= 11 is 0. The van der Waals surface area contributed by atoms with Crippen LogP contribution in [-0.2, 0) is 23.7 Å². The molecule has 0 atom stereocenters. The van der Waals surface area contributed by atoms with Gasteiger partial charge < -0.3 is 44.7 Å². The monoisotopic (exact) mass is 744 g/mol. The van der Waals surface area contributed by atoms with E-state index in [2.05, 4.69) is 16.0 Å². The van der Waals surface area contributed by atoms with Crippen molar-refractivity contribution in [2.24, 2.45) is 5.92 Å². The number of carbonyl (C=O) groups excluding carboxylic acids is 5. The molecule has 304 valence electrons. The maximum atomic E-state index is 13.5. The first kappa shape index (κ1) is 48.5. The highest BCUT2D eigenvalue weighted by molar-refractivity contribution is 5.69. The first-order valence-electron chi connectivity index (χ1n) is 19.0. The third kappa shape index (κ3) is 29.2. The van der Waals surface area contributed by atoms with Crippen molar-refractivity contribution >= 4 is 30.8 Å². The molecule has 3 N–H and O–H groups in total. The van der Waals surface area contributed by atoms with E-state index in [1.165, 1.54) is 0 Å². The van der Waals surface area contributed by atoms with Gasteiger partial charge >= 0.3 is 24.4 Å². The maximum absolute atomic E-state index is 13.5. The number of hydrogen-bond acceptors (Lipinski definition) is 9. The number of nitrogens with one attached hydrogen (secondary N) is 3. The van der Waals surface area contributed by atoms with Crippen LogP contribution in [0.25, 0.3) is 0 Å². The van der Waals surface area contributed by atoms with E-state index < -0.39 is 46.8 Å². The zero-order chi connectivity index (χ0) is 40.0. The number of rotatable bonds is 22. The molecule has 0 aromatic rings. The van der Waals surface area contributed by atoms with E-state index in [4.69, 9.17) is 18.9 Å². The van der Waals surface area contributed by atoms with Gasteiger partial charge in [-0.1, -0.05) is 19.3 Å². The van der Waals surface area contributed by atoms with Crippen molar-refractivity contribution in [2.45, 2.75) is 163 Å². The maximum Gasteiger partial charge on any atom is 0.410 e. The van der Waals surface area contributed by atoms with Gasteiger partial charge in [-0.3, -0.25) is 4.79 Å². The Bertz CT molecular complexity index is 987. The molecular weight excluding hydrogens is 670 g/mol. The molecule has 0 heterocycles. The number of alkyl carbamates (subject to hydrolysis) is 2. The Balaban J connectivity index is 5.89. The Kier molecular flexibility index (Phi) is 22.4. The molecule has 0 aliphatic heterocycles. The van der Waals surface area contributed by atoms with Crippen LogP contribution in [0.5, 0.6) is 0 Å². The van der Waals surface area contributed by atoms with Crippen molar-refractivity contribution < 1.29 is 42.9 Å². The fourth-order valence-electron chi connectivity index (χ4n) is 4.97. The second kappa shape index (κ2) is 24.0. The van der Waals surface area contributed by atoms with Crippen LogP contribution in [0.3, 0.4) is 0 Å². The first-order chi connectivity index (χ1) is 23.9. The second-order valence-corrected chi connectivity index (χ2v) is 17.3. The van der Waals surface area contributed by atoms with E-state index in [1.54, 1.807) is 51.3 Å². The number of carbonyl (C=O) groups is 5. The summed E-state index contributed by atoms with van der Waals surface area (Å²) < 4.78 is 22.2. The highest BCUT2D eigenvalue weighted by Gasteiger charge is 2.29. The van der Waals surface area contributed by atoms with E-state index in [9.17, 15) is 24.0 Å². The second-order valence-electron chi connectivity index (χ2n) is 17.3. The molecule has 0 bridgehead atoms. The van der Waals surface area contributed by atoms with Gasteiger partial charge in [-0.05, 0) is 128 Å². The number of hydrogen-bond donors (Lipinski definition) is 3. The van der Waals surface area contributed by atoms with Crippen LogP contribution in [0.15, 0.2) is 0 Å². The summed E-state index contributed by atoms with van der Waals surface area (Å²) in [5.41, 5.74) is -2.59. The van der Waals surface area contributed by atoms with E-state index in [0.29, 0.717) is 77.9 Å². The lowest BCUT2D eigenvalue weighted by molar-refractivity contribution is -0.109. The summed E-state index contributed by atoms with van der Waals surface area (Å²) in [4.78, 5) is 65.3. The molecule has 52 heavy (non-hydrogen) atoms. The standard InChI is InChI=1S/C38H73N5O9/c1-35(2,3)49-31(45)40-23-17-19-25-42(33(47)51-37(7,8)9)27-30(21-15-13-14-16-22-39-29-44)28-43(34(48)52-38(10,11)12)26-20-18-24-41-32(46)50-36(4,5)6/h29-30H,13-28H2,1-12H3,(H,39,44)(H,40,45)(H,41,46). The van der Waals surface area contributed by atoms with Crippen LogP contribution in [0, 0.1) is 5.92 Å². The van der Waals surface area contributed by atoms with Gasteiger partial charge in [0.05, 0.1) is 0 Å². The predicted octanol–water partition coefficient (Wildman–Crippen LogP) is 7.38. The topological polar surface area (TPSA) is 165 Å². The fourth-order valence-corrected chi connectivity index (χ4v) is 4.97. The summed E-state index contributed by atoms with van der Waals surface area (Å²) in [5.74, 6) is -0.0899. The number of nitrogens with zero attached hydrogens (tertiary/aromatic N) is 2.